The highest BCUT2D eigenvalue weighted by Crippen LogP contribution is 2.26. The lowest BCUT2D eigenvalue weighted by atomic mass is 10.2. The van der Waals surface area contributed by atoms with Gasteiger partial charge in [-0.2, -0.15) is 0 Å². The standard InChI is InChI=1S/C15H15ClN2O3/c1-20-14-8-11(17)4-7-13(14)18-15(19)9-21-12-5-2-10(16)3-6-12/h2-8H,9,17H2,1H3,(H,18,19). The molecule has 110 valence electrons. The summed E-state index contributed by atoms with van der Waals surface area (Å²) in [6.45, 7) is -0.116. The number of nitrogens with one attached hydrogen (secondary N) is 1. The zero-order valence-electron chi connectivity index (χ0n) is 11.4. The molecule has 0 aliphatic carbocycles. The van der Waals surface area contributed by atoms with Crippen LogP contribution in [-0.2, 0) is 4.79 Å². The Hall–Kier alpha value is -2.40. The molecular weight excluding hydrogens is 292 g/mol. The van der Waals surface area contributed by atoms with Gasteiger partial charge in [-0.25, -0.2) is 0 Å². The van der Waals surface area contributed by atoms with E-state index in [1.807, 2.05) is 0 Å². The van der Waals surface area contributed by atoms with Gasteiger partial charge in [0.25, 0.3) is 5.91 Å². The second kappa shape index (κ2) is 6.85. The van der Waals surface area contributed by atoms with Crippen LogP contribution in [0.1, 0.15) is 0 Å². The Kier molecular flexibility index (Phi) is 4.90. The number of anilines is 2. The highest BCUT2D eigenvalue weighted by Gasteiger charge is 2.08. The van der Waals surface area contributed by atoms with Crippen LogP contribution in [0.3, 0.4) is 0 Å². The van der Waals surface area contributed by atoms with Gasteiger partial charge in [0.1, 0.15) is 11.5 Å². The summed E-state index contributed by atoms with van der Waals surface area (Å²) < 4.78 is 10.5. The summed E-state index contributed by atoms with van der Waals surface area (Å²) >= 11 is 5.77. The van der Waals surface area contributed by atoms with Gasteiger partial charge in [0.2, 0.25) is 0 Å². The van der Waals surface area contributed by atoms with Crippen LogP contribution < -0.4 is 20.5 Å². The van der Waals surface area contributed by atoms with Crippen LogP contribution in [0.4, 0.5) is 11.4 Å². The number of hydrogen-bond donors (Lipinski definition) is 2. The highest BCUT2D eigenvalue weighted by molar-refractivity contribution is 6.30. The molecule has 0 saturated heterocycles. The lowest BCUT2D eigenvalue weighted by Gasteiger charge is -2.11. The van der Waals surface area contributed by atoms with Crippen molar-refractivity contribution in [2.75, 3.05) is 24.8 Å². The van der Waals surface area contributed by atoms with E-state index in [2.05, 4.69) is 5.32 Å². The van der Waals surface area contributed by atoms with E-state index < -0.39 is 0 Å². The normalized spacial score (nSPS) is 10.0. The number of amides is 1. The molecule has 0 radical (unpaired) electrons. The molecule has 5 nitrogen and oxygen atoms in total. The van der Waals surface area contributed by atoms with Crippen molar-refractivity contribution < 1.29 is 14.3 Å². The van der Waals surface area contributed by atoms with Crippen LogP contribution in [0, 0.1) is 0 Å². The maximum absolute atomic E-state index is 11.9. The highest BCUT2D eigenvalue weighted by atomic mass is 35.5. The quantitative estimate of drug-likeness (QED) is 0.833. The van der Waals surface area contributed by atoms with E-state index in [9.17, 15) is 4.79 Å². The van der Waals surface area contributed by atoms with E-state index in [1.54, 1.807) is 42.5 Å². The monoisotopic (exact) mass is 306 g/mol. The van der Waals surface area contributed by atoms with E-state index in [0.29, 0.717) is 27.9 Å². The number of halogens is 1. The summed E-state index contributed by atoms with van der Waals surface area (Å²) in [5.74, 6) is 0.765. The van der Waals surface area contributed by atoms with Crippen LogP contribution in [0.5, 0.6) is 11.5 Å². The molecule has 0 heterocycles. The number of carbonyl (C=O) groups excluding carboxylic acids is 1. The first kappa shape index (κ1) is 15.0. The predicted molar refractivity (Wildman–Crippen MR) is 83.0 cm³/mol. The number of nitrogen functional groups attached to an aromatic ring is 1. The van der Waals surface area contributed by atoms with Crippen molar-refractivity contribution in [2.45, 2.75) is 0 Å². The van der Waals surface area contributed by atoms with Crippen LogP contribution >= 0.6 is 11.6 Å². The molecule has 0 bridgehead atoms. The Morgan fingerprint density at radius 1 is 1.24 bits per heavy atom. The third-order valence-corrected chi connectivity index (χ3v) is 2.94. The van der Waals surface area contributed by atoms with E-state index in [0.717, 1.165) is 0 Å². The first-order valence-electron chi connectivity index (χ1n) is 6.20. The second-order valence-corrected chi connectivity index (χ2v) is 4.69. The summed E-state index contributed by atoms with van der Waals surface area (Å²) in [6.07, 6.45) is 0. The third kappa shape index (κ3) is 4.29. The van der Waals surface area contributed by atoms with Crippen molar-refractivity contribution in [3.05, 3.63) is 47.5 Å². The van der Waals surface area contributed by atoms with Gasteiger partial charge < -0.3 is 20.5 Å². The largest absolute Gasteiger partial charge is 0.494 e. The lowest BCUT2D eigenvalue weighted by Crippen LogP contribution is -2.20. The zero-order chi connectivity index (χ0) is 15.2. The van der Waals surface area contributed by atoms with E-state index in [1.165, 1.54) is 7.11 Å². The lowest BCUT2D eigenvalue weighted by molar-refractivity contribution is -0.118. The van der Waals surface area contributed by atoms with Crippen LogP contribution in [0.15, 0.2) is 42.5 Å². The van der Waals surface area contributed by atoms with Crippen molar-refractivity contribution in [1.82, 2.24) is 0 Å². The van der Waals surface area contributed by atoms with Gasteiger partial charge in [0, 0.05) is 16.8 Å². The number of rotatable bonds is 5. The molecule has 0 aliphatic rings. The van der Waals surface area contributed by atoms with Crippen LogP contribution in [-0.4, -0.2) is 19.6 Å². The molecule has 0 atom stereocenters. The molecule has 2 aromatic rings. The fourth-order valence-corrected chi connectivity index (χ4v) is 1.80. The second-order valence-electron chi connectivity index (χ2n) is 4.25. The average molecular weight is 307 g/mol. The van der Waals surface area contributed by atoms with E-state index in [-0.39, 0.29) is 12.5 Å². The Morgan fingerprint density at radius 3 is 2.62 bits per heavy atom. The number of ether oxygens (including phenoxy) is 2. The number of methoxy groups -OCH3 is 1. The van der Waals surface area contributed by atoms with E-state index >= 15 is 0 Å². The Labute approximate surface area is 127 Å². The maximum atomic E-state index is 11.9. The number of carbonyl (C=O) groups is 1. The van der Waals surface area contributed by atoms with Crippen molar-refractivity contribution in [3.63, 3.8) is 0 Å². The summed E-state index contributed by atoms with van der Waals surface area (Å²) in [5.41, 5.74) is 6.75. The minimum atomic E-state index is -0.298. The molecule has 3 N–H and O–H groups in total. The summed E-state index contributed by atoms with van der Waals surface area (Å²) in [7, 11) is 1.51. The predicted octanol–water partition coefficient (Wildman–Crippen LogP) is 2.95. The molecule has 0 fully saturated rings. The fourth-order valence-electron chi connectivity index (χ4n) is 1.68. The van der Waals surface area contributed by atoms with Crippen molar-refractivity contribution in [3.8, 4) is 11.5 Å². The van der Waals surface area contributed by atoms with Gasteiger partial charge in [-0.15, -0.1) is 0 Å². The Bertz CT molecular complexity index is 629. The fraction of sp³-hybridized carbons (Fsp3) is 0.133. The smallest absolute Gasteiger partial charge is 0.262 e. The van der Waals surface area contributed by atoms with Crippen LogP contribution in [0.25, 0.3) is 0 Å². The van der Waals surface area contributed by atoms with Crippen molar-refractivity contribution >= 4 is 28.9 Å². The van der Waals surface area contributed by atoms with Gasteiger partial charge in [0.15, 0.2) is 6.61 Å². The molecule has 6 heteroatoms. The van der Waals surface area contributed by atoms with E-state index in [4.69, 9.17) is 26.8 Å². The Balaban J connectivity index is 1.94. The summed E-state index contributed by atoms with van der Waals surface area (Å²) in [5, 5.41) is 3.31. The first-order chi connectivity index (χ1) is 10.1. The molecular formula is C15H15ClN2O3. The molecule has 21 heavy (non-hydrogen) atoms. The van der Waals surface area contributed by atoms with Gasteiger partial charge >= 0.3 is 0 Å². The Morgan fingerprint density at radius 2 is 1.95 bits per heavy atom. The van der Waals surface area contributed by atoms with Gasteiger partial charge in [-0.3, -0.25) is 4.79 Å². The molecule has 0 saturated carbocycles. The summed E-state index contributed by atoms with van der Waals surface area (Å²) in [4.78, 5) is 11.9. The molecule has 0 unspecified atom stereocenters. The van der Waals surface area contributed by atoms with Crippen LogP contribution in [0.2, 0.25) is 5.02 Å². The third-order valence-electron chi connectivity index (χ3n) is 2.68. The molecule has 1 amide bonds. The maximum Gasteiger partial charge on any atom is 0.262 e. The molecule has 0 aromatic heterocycles. The zero-order valence-corrected chi connectivity index (χ0v) is 12.2. The minimum absolute atomic E-state index is 0.116. The molecule has 2 aromatic carbocycles. The average Bonchev–Trinajstić information content (AvgIpc) is 2.48. The molecule has 0 spiro atoms. The summed E-state index contributed by atoms with van der Waals surface area (Å²) in [6, 6.07) is 11.8. The number of nitrogens with two attached hydrogens (primary N) is 1. The SMILES string of the molecule is COc1cc(N)ccc1NC(=O)COc1ccc(Cl)cc1. The minimum Gasteiger partial charge on any atom is -0.494 e. The van der Waals surface area contributed by atoms with Gasteiger partial charge in [-0.1, -0.05) is 11.6 Å². The molecule has 0 aliphatic heterocycles. The molecule has 2 rings (SSSR count). The number of hydrogen-bond acceptors (Lipinski definition) is 4. The van der Waals surface area contributed by atoms with Crippen molar-refractivity contribution in [2.24, 2.45) is 0 Å². The topological polar surface area (TPSA) is 73.6 Å². The van der Waals surface area contributed by atoms with Crippen molar-refractivity contribution in [1.29, 1.82) is 0 Å². The van der Waals surface area contributed by atoms with Gasteiger partial charge in [-0.05, 0) is 36.4 Å². The van der Waals surface area contributed by atoms with Gasteiger partial charge in [0.05, 0.1) is 12.8 Å². The number of benzene rings is 2. The first-order valence-corrected chi connectivity index (χ1v) is 6.58.